The van der Waals surface area contributed by atoms with Gasteiger partial charge in [-0.3, -0.25) is 0 Å². The van der Waals surface area contributed by atoms with Crippen molar-refractivity contribution >= 4 is 15.7 Å². The molecule has 0 bridgehead atoms. The molecule has 6 nitrogen and oxygen atoms in total. The van der Waals surface area contributed by atoms with Gasteiger partial charge in [0, 0.05) is 6.07 Å². The van der Waals surface area contributed by atoms with Crippen LogP contribution in [0.15, 0.2) is 11.1 Å². The zero-order valence-electron chi connectivity index (χ0n) is 8.15. The monoisotopic (exact) mass is 253 g/mol. The van der Waals surface area contributed by atoms with Gasteiger partial charge in [-0.15, -0.1) is 0 Å². The molecule has 16 heavy (non-hydrogen) atoms. The molecular weight excluding hydrogens is 244 g/mol. The molecule has 4 N–H and O–H groups in total. The number of pyridine rings is 1. The molecule has 1 aromatic heterocycles. The number of methoxy groups -OCH3 is 1. The Morgan fingerprint density at radius 3 is 2.44 bits per heavy atom. The quantitative estimate of drug-likeness (QED) is 0.803. The molecule has 0 amide bonds. The molecule has 0 aliphatic rings. The van der Waals surface area contributed by atoms with E-state index in [1.165, 1.54) is 0 Å². The molecule has 0 aliphatic heterocycles. The van der Waals surface area contributed by atoms with Crippen molar-refractivity contribution in [2.24, 2.45) is 5.14 Å². The van der Waals surface area contributed by atoms with Gasteiger partial charge in [0.2, 0.25) is 0 Å². The molecule has 0 unspecified atom stereocenters. The standard InChI is InChI=1S/C7H9F2N3O3S/c1-15-4-2-3(10)7(16(11,13)14)12-5(4)6(8)9/h2,6H,10H2,1H3,(H2,11,13,14). The number of nitrogens with two attached hydrogens (primary N) is 2. The van der Waals surface area contributed by atoms with E-state index in [2.05, 4.69) is 9.72 Å². The Kier molecular flexibility index (Phi) is 3.29. The van der Waals surface area contributed by atoms with Gasteiger partial charge in [-0.2, -0.15) is 0 Å². The summed E-state index contributed by atoms with van der Waals surface area (Å²) in [6, 6.07) is 0.939. The first-order chi connectivity index (χ1) is 7.27. The molecule has 0 saturated carbocycles. The molecule has 1 aromatic rings. The third kappa shape index (κ3) is 2.36. The van der Waals surface area contributed by atoms with Gasteiger partial charge in [-0.05, 0) is 0 Å². The van der Waals surface area contributed by atoms with Crippen molar-refractivity contribution < 1.29 is 21.9 Å². The number of primary sulfonamides is 1. The van der Waals surface area contributed by atoms with Gasteiger partial charge in [0.05, 0.1) is 12.8 Å². The summed E-state index contributed by atoms with van der Waals surface area (Å²) in [5, 5.41) is 3.97. The number of anilines is 1. The lowest BCUT2D eigenvalue weighted by molar-refractivity contribution is 0.140. The minimum atomic E-state index is -4.24. The van der Waals surface area contributed by atoms with E-state index < -0.39 is 27.2 Å². The van der Waals surface area contributed by atoms with Crippen LogP contribution in [-0.4, -0.2) is 20.5 Å². The Hall–Kier alpha value is -1.48. The maximum atomic E-state index is 12.5. The van der Waals surface area contributed by atoms with Crippen LogP contribution in [-0.2, 0) is 10.0 Å². The van der Waals surface area contributed by atoms with E-state index in [0.29, 0.717) is 0 Å². The first-order valence-electron chi connectivity index (χ1n) is 3.92. The Labute approximate surface area is 90.3 Å². The van der Waals surface area contributed by atoms with Gasteiger partial charge in [-0.1, -0.05) is 0 Å². The van der Waals surface area contributed by atoms with Gasteiger partial charge in [0.1, 0.15) is 11.4 Å². The number of nitrogens with zero attached hydrogens (tertiary/aromatic N) is 1. The highest BCUT2D eigenvalue weighted by molar-refractivity contribution is 7.89. The van der Waals surface area contributed by atoms with E-state index in [0.717, 1.165) is 13.2 Å². The minimum absolute atomic E-state index is 0.292. The predicted octanol–water partition coefficient (Wildman–Crippen LogP) is 0.257. The number of hydrogen-bond acceptors (Lipinski definition) is 5. The van der Waals surface area contributed by atoms with Crippen molar-refractivity contribution in [3.05, 3.63) is 11.8 Å². The average molecular weight is 253 g/mol. The number of alkyl halides is 2. The molecule has 0 aromatic carbocycles. The van der Waals surface area contributed by atoms with Gasteiger partial charge in [0.25, 0.3) is 16.4 Å². The number of hydrogen-bond donors (Lipinski definition) is 2. The second kappa shape index (κ2) is 4.18. The summed E-state index contributed by atoms with van der Waals surface area (Å²) < 4.78 is 51.5. The lowest BCUT2D eigenvalue weighted by Gasteiger charge is -2.10. The molecule has 1 rings (SSSR count). The van der Waals surface area contributed by atoms with Crippen molar-refractivity contribution in [3.8, 4) is 5.75 Å². The second-order valence-corrected chi connectivity index (χ2v) is 4.29. The van der Waals surface area contributed by atoms with Gasteiger partial charge in [-0.25, -0.2) is 27.3 Å². The van der Waals surface area contributed by atoms with Crippen LogP contribution in [0.2, 0.25) is 0 Å². The van der Waals surface area contributed by atoms with Gasteiger partial charge in [0.15, 0.2) is 5.03 Å². The first-order valence-corrected chi connectivity index (χ1v) is 5.47. The summed E-state index contributed by atoms with van der Waals surface area (Å²) >= 11 is 0. The molecule has 0 aliphatic carbocycles. The third-order valence-electron chi connectivity index (χ3n) is 1.70. The molecule has 0 spiro atoms. The fourth-order valence-electron chi connectivity index (χ4n) is 1.05. The molecule has 0 saturated heterocycles. The number of halogens is 2. The fraction of sp³-hybridized carbons (Fsp3) is 0.286. The average Bonchev–Trinajstić information content (AvgIpc) is 2.14. The van der Waals surface area contributed by atoms with E-state index in [1.54, 1.807) is 0 Å². The van der Waals surface area contributed by atoms with Crippen LogP contribution < -0.4 is 15.6 Å². The number of ether oxygens (including phenoxy) is 1. The van der Waals surface area contributed by atoms with Crippen molar-refractivity contribution in [1.82, 2.24) is 4.98 Å². The number of aromatic nitrogens is 1. The van der Waals surface area contributed by atoms with Crippen LogP contribution in [0.25, 0.3) is 0 Å². The van der Waals surface area contributed by atoms with Crippen LogP contribution in [0.1, 0.15) is 12.1 Å². The summed E-state index contributed by atoms with van der Waals surface area (Å²) in [6.07, 6.45) is -2.99. The predicted molar refractivity (Wildman–Crippen MR) is 51.5 cm³/mol. The number of sulfonamides is 1. The summed E-state index contributed by atoms with van der Waals surface area (Å²) in [5.74, 6) is -0.292. The Morgan fingerprint density at radius 2 is 2.06 bits per heavy atom. The topological polar surface area (TPSA) is 108 Å². The molecule has 9 heteroatoms. The highest BCUT2D eigenvalue weighted by Gasteiger charge is 2.23. The summed E-state index contributed by atoms with van der Waals surface area (Å²) in [5.41, 5.74) is 4.14. The van der Waals surface area contributed by atoms with Crippen molar-refractivity contribution in [3.63, 3.8) is 0 Å². The Balaban J connectivity index is 3.52. The van der Waals surface area contributed by atoms with Crippen LogP contribution in [0.5, 0.6) is 5.75 Å². The van der Waals surface area contributed by atoms with E-state index in [9.17, 15) is 17.2 Å². The normalized spacial score (nSPS) is 11.8. The fourth-order valence-corrected chi connectivity index (χ4v) is 1.67. The Morgan fingerprint density at radius 1 is 1.50 bits per heavy atom. The van der Waals surface area contributed by atoms with Gasteiger partial charge >= 0.3 is 0 Å². The van der Waals surface area contributed by atoms with E-state index in [4.69, 9.17) is 10.9 Å². The van der Waals surface area contributed by atoms with Crippen LogP contribution in [0.3, 0.4) is 0 Å². The van der Waals surface area contributed by atoms with Crippen LogP contribution in [0.4, 0.5) is 14.5 Å². The molecule has 0 radical (unpaired) electrons. The van der Waals surface area contributed by atoms with Gasteiger partial charge < -0.3 is 10.5 Å². The molecule has 90 valence electrons. The highest BCUT2D eigenvalue weighted by Crippen LogP contribution is 2.31. The SMILES string of the molecule is COc1cc(N)c(S(N)(=O)=O)nc1C(F)F. The molecule has 0 fully saturated rings. The summed E-state index contributed by atoms with van der Waals surface area (Å²) in [6.45, 7) is 0. The first kappa shape index (κ1) is 12.6. The van der Waals surface area contributed by atoms with Crippen molar-refractivity contribution in [2.75, 3.05) is 12.8 Å². The van der Waals surface area contributed by atoms with E-state index in [-0.39, 0.29) is 11.4 Å². The largest absolute Gasteiger partial charge is 0.495 e. The Bertz CT molecular complexity index is 504. The summed E-state index contributed by atoms with van der Waals surface area (Å²) in [4.78, 5) is 3.20. The lowest BCUT2D eigenvalue weighted by atomic mass is 10.3. The van der Waals surface area contributed by atoms with E-state index >= 15 is 0 Å². The smallest absolute Gasteiger partial charge is 0.284 e. The maximum Gasteiger partial charge on any atom is 0.284 e. The zero-order chi connectivity index (χ0) is 12.5. The minimum Gasteiger partial charge on any atom is -0.495 e. The second-order valence-electron chi connectivity index (χ2n) is 2.82. The lowest BCUT2D eigenvalue weighted by Crippen LogP contribution is -2.17. The van der Waals surface area contributed by atoms with Crippen LogP contribution in [0, 0.1) is 0 Å². The highest BCUT2D eigenvalue weighted by atomic mass is 32.2. The molecule has 1 heterocycles. The molecular formula is C7H9F2N3O3S. The van der Waals surface area contributed by atoms with E-state index in [1.807, 2.05) is 0 Å². The van der Waals surface area contributed by atoms with Crippen LogP contribution >= 0.6 is 0 Å². The maximum absolute atomic E-state index is 12.5. The van der Waals surface area contributed by atoms with Crippen molar-refractivity contribution in [2.45, 2.75) is 11.5 Å². The third-order valence-corrected chi connectivity index (χ3v) is 2.57. The summed E-state index contributed by atoms with van der Waals surface area (Å²) in [7, 11) is -3.10. The zero-order valence-corrected chi connectivity index (χ0v) is 8.96. The van der Waals surface area contributed by atoms with Crippen molar-refractivity contribution in [1.29, 1.82) is 0 Å². The number of nitrogen functional groups attached to an aromatic ring is 1. The molecule has 0 atom stereocenters. The number of rotatable bonds is 3.